The van der Waals surface area contributed by atoms with Crippen LogP contribution in [-0.4, -0.2) is 34.3 Å². The van der Waals surface area contributed by atoms with Crippen molar-refractivity contribution in [2.45, 2.75) is 39.3 Å². The molecule has 0 heterocycles. The van der Waals surface area contributed by atoms with E-state index in [0.29, 0.717) is 5.56 Å². The fourth-order valence-electron chi connectivity index (χ4n) is 2.35. The van der Waals surface area contributed by atoms with E-state index in [2.05, 4.69) is 39.3 Å². The van der Waals surface area contributed by atoms with E-state index in [4.69, 9.17) is 4.74 Å². The maximum Gasteiger partial charge on any atom is 0.335 e. The van der Waals surface area contributed by atoms with Crippen molar-refractivity contribution in [3.05, 3.63) is 17.7 Å². The molecule has 0 aromatic heterocycles. The van der Waals surface area contributed by atoms with Gasteiger partial charge in [0, 0.05) is 0 Å². The van der Waals surface area contributed by atoms with Crippen molar-refractivity contribution >= 4 is 32.5 Å². The van der Waals surface area contributed by atoms with Gasteiger partial charge in [-0.2, -0.15) is 0 Å². The summed E-state index contributed by atoms with van der Waals surface area (Å²) in [5.74, 6) is -0.104. The van der Waals surface area contributed by atoms with Crippen LogP contribution in [0, 0.1) is 0 Å². The number of benzene rings is 1. The monoisotopic (exact) mass is 296 g/mol. The molecule has 106 valence electrons. The highest BCUT2D eigenvalue weighted by molar-refractivity contribution is 6.93. The number of aromatic carboxylic acids is 1. The molecule has 0 saturated carbocycles. The quantitative estimate of drug-likeness (QED) is 0.868. The molecular formula is C14H24O3Si2. The third-order valence-electron chi connectivity index (χ3n) is 3.16. The van der Waals surface area contributed by atoms with Crippen LogP contribution < -0.4 is 15.1 Å². The lowest BCUT2D eigenvalue weighted by Crippen LogP contribution is -2.51. The lowest BCUT2D eigenvalue weighted by Gasteiger charge is -2.28. The summed E-state index contributed by atoms with van der Waals surface area (Å²) in [6.07, 6.45) is 0. The zero-order valence-electron chi connectivity index (χ0n) is 12.9. The Morgan fingerprint density at radius 1 is 1.05 bits per heavy atom. The first-order valence-corrected chi connectivity index (χ1v) is 13.5. The van der Waals surface area contributed by atoms with Crippen LogP contribution in [0.5, 0.6) is 5.75 Å². The minimum absolute atomic E-state index is 0.498. The van der Waals surface area contributed by atoms with Crippen molar-refractivity contribution in [3.63, 3.8) is 0 Å². The number of hydrogen-bond acceptors (Lipinski definition) is 2. The van der Waals surface area contributed by atoms with Gasteiger partial charge >= 0.3 is 5.97 Å². The summed E-state index contributed by atoms with van der Waals surface area (Å²) in [5.41, 5.74) is 0.498. The van der Waals surface area contributed by atoms with Crippen molar-refractivity contribution in [3.8, 4) is 5.75 Å². The number of ether oxygens (including phenoxy) is 1. The predicted octanol–water partition coefficient (Wildman–Crippen LogP) is 2.48. The van der Waals surface area contributed by atoms with Crippen LogP contribution in [-0.2, 0) is 0 Å². The molecule has 0 unspecified atom stereocenters. The molecule has 1 N–H and O–H groups in total. The van der Waals surface area contributed by atoms with Crippen molar-refractivity contribution in [2.24, 2.45) is 0 Å². The molecule has 3 nitrogen and oxygen atoms in total. The second-order valence-electron chi connectivity index (χ2n) is 6.87. The molecule has 0 aliphatic rings. The Kier molecular flexibility index (Phi) is 4.31. The fourth-order valence-corrected chi connectivity index (χ4v) is 5.95. The summed E-state index contributed by atoms with van der Waals surface area (Å²) in [4.78, 5) is 11.8. The third kappa shape index (κ3) is 3.28. The number of carboxylic acid groups (broad SMARTS) is 1. The lowest BCUT2D eigenvalue weighted by atomic mass is 10.2. The summed E-state index contributed by atoms with van der Waals surface area (Å²) in [5, 5.41) is 11.6. The van der Waals surface area contributed by atoms with Crippen LogP contribution in [0.4, 0.5) is 0 Å². The summed E-state index contributed by atoms with van der Waals surface area (Å²) >= 11 is 0. The molecule has 1 aromatic carbocycles. The van der Waals surface area contributed by atoms with E-state index in [1.165, 1.54) is 0 Å². The second kappa shape index (κ2) is 5.13. The molecule has 0 radical (unpaired) electrons. The summed E-state index contributed by atoms with van der Waals surface area (Å²) in [6.45, 7) is 13.0. The van der Waals surface area contributed by atoms with E-state index in [0.717, 1.165) is 16.1 Å². The number of carbonyl (C=O) groups is 1. The molecule has 19 heavy (non-hydrogen) atoms. The Morgan fingerprint density at radius 3 is 1.89 bits per heavy atom. The number of carboxylic acids is 1. The van der Waals surface area contributed by atoms with Gasteiger partial charge in [0.1, 0.15) is 5.75 Å². The molecule has 1 rings (SSSR count). The lowest BCUT2D eigenvalue weighted by molar-refractivity contribution is 0.0699. The first kappa shape index (κ1) is 16.0. The van der Waals surface area contributed by atoms with Gasteiger partial charge in [-0.25, -0.2) is 4.79 Å². The second-order valence-corrected chi connectivity index (χ2v) is 16.9. The van der Waals surface area contributed by atoms with Crippen molar-refractivity contribution in [1.29, 1.82) is 0 Å². The van der Waals surface area contributed by atoms with Crippen LogP contribution in [0.1, 0.15) is 10.4 Å². The zero-order chi connectivity index (χ0) is 15.0. The number of methoxy groups -OCH3 is 1. The number of hydrogen-bond donors (Lipinski definition) is 1. The van der Waals surface area contributed by atoms with E-state index in [-0.39, 0.29) is 0 Å². The van der Waals surface area contributed by atoms with Gasteiger partial charge in [0.25, 0.3) is 0 Å². The van der Waals surface area contributed by atoms with Gasteiger partial charge in [-0.3, -0.25) is 0 Å². The molecule has 0 aliphatic heterocycles. The van der Waals surface area contributed by atoms with Crippen LogP contribution in [0.25, 0.3) is 0 Å². The SMILES string of the molecule is COc1ccc([Si](C)(C)C)c(C(=O)O)c1[Si](C)(C)C. The van der Waals surface area contributed by atoms with Gasteiger partial charge in [0.05, 0.1) is 28.8 Å². The largest absolute Gasteiger partial charge is 0.497 e. The summed E-state index contributed by atoms with van der Waals surface area (Å²) < 4.78 is 5.42. The molecule has 5 heteroatoms. The smallest absolute Gasteiger partial charge is 0.335 e. The topological polar surface area (TPSA) is 46.5 Å². The van der Waals surface area contributed by atoms with Gasteiger partial charge in [0.2, 0.25) is 0 Å². The van der Waals surface area contributed by atoms with Crippen LogP contribution >= 0.6 is 0 Å². The van der Waals surface area contributed by atoms with Gasteiger partial charge in [-0.1, -0.05) is 45.3 Å². The number of rotatable bonds is 4. The minimum Gasteiger partial charge on any atom is -0.497 e. The highest BCUT2D eigenvalue weighted by atomic mass is 28.3. The van der Waals surface area contributed by atoms with E-state index in [9.17, 15) is 9.90 Å². The first-order valence-electron chi connectivity index (χ1n) is 6.45. The standard InChI is InChI=1S/C14H24O3Si2/c1-17-10-8-9-11(18(2,3)4)12(14(15)16)13(10)19(5,6)7/h8-9H,1-7H3,(H,15,16). The molecule has 1 aromatic rings. The first-order chi connectivity index (χ1) is 8.50. The Hall–Kier alpha value is -1.08. The molecule has 0 atom stereocenters. The third-order valence-corrected chi connectivity index (χ3v) is 7.19. The van der Waals surface area contributed by atoms with Gasteiger partial charge < -0.3 is 9.84 Å². The average molecular weight is 297 g/mol. The average Bonchev–Trinajstić information content (AvgIpc) is 2.24. The molecule has 0 aliphatic carbocycles. The Bertz CT molecular complexity index is 497. The van der Waals surface area contributed by atoms with E-state index >= 15 is 0 Å². The zero-order valence-corrected chi connectivity index (χ0v) is 14.9. The van der Waals surface area contributed by atoms with Crippen molar-refractivity contribution in [1.82, 2.24) is 0 Å². The van der Waals surface area contributed by atoms with E-state index in [1.54, 1.807) is 7.11 Å². The normalized spacial score (nSPS) is 12.4. The Labute approximate surface area is 117 Å². The van der Waals surface area contributed by atoms with Gasteiger partial charge in [-0.05, 0) is 16.4 Å². The Balaban J connectivity index is 3.79. The maximum absolute atomic E-state index is 11.8. The highest BCUT2D eigenvalue weighted by Gasteiger charge is 2.33. The summed E-state index contributed by atoms with van der Waals surface area (Å²) in [6, 6.07) is 3.88. The molecule has 0 amide bonds. The minimum atomic E-state index is -1.80. The fraction of sp³-hybridized carbons (Fsp3) is 0.500. The highest BCUT2D eigenvalue weighted by Crippen LogP contribution is 2.19. The van der Waals surface area contributed by atoms with Crippen molar-refractivity contribution in [2.75, 3.05) is 7.11 Å². The van der Waals surface area contributed by atoms with E-state index in [1.807, 2.05) is 12.1 Å². The molecule has 0 fully saturated rings. The maximum atomic E-state index is 11.8. The van der Waals surface area contributed by atoms with Crippen LogP contribution in [0.2, 0.25) is 39.3 Å². The van der Waals surface area contributed by atoms with Crippen molar-refractivity contribution < 1.29 is 14.6 Å². The molecule has 0 spiro atoms. The van der Waals surface area contributed by atoms with Gasteiger partial charge in [0.15, 0.2) is 0 Å². The predicted molar refractivity (Wildman–Crippen MR) is 85.9 cm³/mol. The van der Waals surface area contributed by atoms with E-state index < -0.39 is 22.1 Å². The molecular weight excluding hydrogens is 272 g/mol. The Morgan fingerprint density at radius 2 is 1.58 bits per heavy atom. The van der Waals surface area contributed by atoms with Gasteiger partial charge in [-0.15, -0.1) is 0 Å². The summed E-state index contributed by atoms with van der Waals surface area (Å²) in [7, 11) is -1.89. The van der Waals surface area contributed by atoms with Crippen LogP contribution in [0.3, 0.4) is 0 Å². The molecule has 0 saturated heterocycles. The molecule has 0 bridgehead atoms. The van der Waals surface area contributed by atoms with Crippen LogP contribution in [0.15, 0.2) is 12.1 Å².